The normalized spacial score (nSPS) is 13.1. The van der Waals surface area contributed by atoms with Gasteiger partial charge in [0.1, 0.15) is 0 Å². The van der Waals surface area contributed by atoms with Crippen LogP contribution in [-0.2, 0) is 10.0 Å². The predicted molar refractivity (Wildman–Crippen MR) is 85.9 cm³/mol. The molecule has 118 valence electrons. The minimum Gasteiger partial charge on any atom is -0.381 e. The Morgan fingerprint density at radius 3 is 2.38 bits per heavy atom. The van der Waals surface area contributed by atoms with Gasteiger partial charge in [0.2, 0.25) is 0 Å². The quantitative estimate of drug-likeness (QED) is 0.881. The van der Waals surface area contributed by atoms with Crippen LogP contribution < -0.4 is 5.73 Å². The minimum absolute atomic E-state index is 0.0689. The van der Waals surface area contributed by atoms with Crippen molar-refractivity contribution in [2.75, 3.05) is 18.8 Å². The molecule has 0 unspecified atom stereocenters. The molecule has 0 bridgehead atoms. The third-order valence-corrected chi connectivity index (χ3v) is 5.59. The van der Waals surface area contributed by atoms with Gasteiger partial charge in [-0.3, -0.25) is 4.40 Å². The van der Waals surface area contributed by atoms with Crippen molar-refractivity contribution in [2.24, 2.45) is 11.8 Å². The molecule has 0 radical (unpaired) electrons. The highest BCUT2D eigenvalue weighted by Gasteiger charge is 2.31. The van der Waals surface area contributed by atoms with E-state index >= 15 is 0 Å². The van der Waals surface area contributed by atoms with Crippen molar-refractivity contribution in [2.45, 2.75) is 32.7 Å². The number of nitrogens with two attached hydrogens (primary N) is 1. The van der Waals surface area contributed by atoms with Crippen LogP contribution in [0.5, 0.6) is 0 Å². The highest BCUT2D eigenvalue weighted by molar-refractivity contribution is 7.89. The molecule has 21 heavy (non-hydrogen) atoms. The van der Waals surface area contributed by atoms with Crippen LogP contribution in [0.15, 0.2) is 16.6 Å². The van der Waals surface area contributed by atoms with E-state index in [4.69, 9.17) is 5.73 Å². The Morgan fingerprint density at radius 1 is 1.29 bits per heavy atom. The van der Waals surface area contributed by atoms with Gasteiger partial charge >= 0.3 is 0 Å². The Bertz CT molecular complexity index is 706. The first-order valence-electron chi connectivity index (χ1n) is 6.94. The average molecular weight is 330 g/mol. The second-order valence-corrected chi connectivity index (χ2v) is 8.69. The summed E-state index contributed by atoms with van der Waals surface area (Å²) in [5.74, 6) is 0.552. The van der Waals surface area contributed by atoms with Gasteiger partial charge in [-0.05, 0) is 11.8 Å². The Hall–Kier alpha value is -1.12. The summed E-state index contributed by atoms with van der Waals surface area (Å²) in [5.41, 5.74) is 5.85. The standard InChI is InChI=1S/C13H22N4O2S2/c1-9(2)7-16(8-10(3)4)21(18,19)12-11(14)15-13-17(12)5-6-20-13/h5-6,9-10H,7-8,14H2,1-4H3. The summed E-state index contributed by atoms with van der Waals surface area (Å²) in [6.07, 6.45) is 1.69. The molecule has 0 saturated heterocycles. The monoisotopic (exact) mass is 330 g/mol. The Balaban J connectivity index is 2.51. The first-order valence-corrected chi connectivity index (χ1v) is 9.26. The van der Waals surface area contributed by atoms with Crippen LogP contribution in [0.3, 0.4) is 0 Å². The van der Waals surface area contributed by atoms with Crippen molar-refractivity contribution < 1.29 is 8.42 Å². The van der Waals surface area contributed by atoms with Crippen molar-refractivity contribution in [3.63, 3.8) is 0 Å². The lowest BCUT2D eigenvalue weighted by Crippen LogP contribution is -2.37. The van der Waals surface area contributed by atoms with Gasteiger partial charge in [-0.1, -0.05) is 27.7 Å². The van der Waals surface area contributed by atoms with Gasteiger partial charge in [-0.15, -0.1) is 11.3 Å². The second kappa shape index (κ2) is 5.94. The number of thiazole rings is 1. The van der Waals surface area contributed by atoms with Crippen LogP contribution in [0.2, 0.25) is 0 Å². The molecule has 0 aliphatic heterocycles. The number of anilines is 1. The number of imidazole rings is 1. The summed E-state index contributed by atoms with van der Waals surface area (Å²) >= 11 is 1.37. The SMILES string of the molecule is CC(C)CN(CC(C)C)S(=O)(=O)c1c(N)nc2sccn12. The largest absolute Gasteiger partial charge is 0.381 e. The van der Waals surface area contributed by atoms with Crippen molar-refractivity contribution >= 4 is 32.1 Å². The molecule has 0 aromatic carbocycles. The van der Waals surface area contributed by atoms with Gasteiger partial charge in [-0.2, -0.15) is 4.31 Å². The van der Waals surface area contributed by atoms with Gasteiger partial charge in [0.05, 0.1) is 0 Å². The first kappa shape index (κ1) is 16.3. The second-order valence-electron chi connectivity index (χ2n) is 5.97. The molecule has 0 aliphatic rings. The third-order valence-electron chi connectivity index (χ3n) is 2.97. The summed E-state index contributed by atoms with van der Waals surface area (Å²) in [5, 5.41) is 1.88. The maximum absolute atomic E-state index is 13.0. The zero-order valence-electron chi connectivity index (χ0n) is 12.8. The van der Waals surface area contributed by atoms with E-state index in [0.29, 0.717) is 18.1 Å². The van der Waals surface area contributed by atoms with E-state index in [1.165, 1.54) is 15.6 Å². The number of hydrogen-bond acceptors (Lipinski definition) is 5. The smallest absolute Gasteiger partial charge is 0.262 e. The fourth-order valence-corrected chi connectivity index (χ4v) is 4.96. The van der Waals surface area contributed by atoms with Crippen LogP contribution in [0.1, 0.15) is 27.7 Å². The lowest BCUT2D eigenvalue weighted by molar-refractivity contribution is 0.332. The molecule has 0 amide bonds. The fraction of sp³-hybridized carbons (Fsp3) is 0.615. The van der Waals surface area contributed by atoms with Gasteiger partial charge < -0.3 is 5.73 Å². The highest BCUT2D eigenvalue weighted by Crippen LogP contribution is 2.27. The van der Waals surface area contributed by atoms with E-state index in [1.54, 1.807) is 16.0 Å². The van der Waals surface area contributed by atoms with E-state index in [2.05, 4.69) is 4.98 Å². The minimum atomic E-state index is -3.66. The molecule has 2 aromatic rings. The van der Waals surface area contributed by atoms with Crippen molar-refractivity contribution in [3.8, 4) is 0 Å². The highest BCUT2D eigenvalue weighted by atomic mass is 32.2. The molecule has 2 aromatic heterocycles. The molecule has 8 heteroatoms. The lowest BCUT2D eigenvalue weighted by Gasteiger charge is -2.25. The third kappa shape index (κ3) is 3.22. The zero-order chi connectivity index (χ0) is 15.8. The average Bonchev–Trinajstić information content (AvgIpc) is 2.85. The van der Waals surface area contributed by atoms with Gasteiger partial charge in [0.25, 0.3) is 10.0 Å². The number of nitrogens with zero attached hydrogens (tertiary/aromatic N) is 3. The molecule has 2 heterocycles. The van der Waals surface area contributed by atoms with Gasteiger partial charge in [0.15, 0.2) is 15.8 Å². The first-order chi connectivity index (χ1) is 9.73. The van der Waals surface area contributed by atoms with Crippen LogP contribution in [0, 0.1) is 11.8 Å². The maximum Gasteiger partial charge on any atom is 0.262 e. The van der Waals surface area contributed by atoms with Crippen LogP contribution >= 0.6 is 11.3 Å². The molecular formula is C13H22N4O2S2. The van der Waals surface area contributed by atoms with Crippen molar-refractivity contribution in [3.05, 3.63) is 11.6 Å². The van der Waals surface area contributed by atoms with Crippen molar-refractivity contribution in [1.82, 2.24) is 13.7 Å². The molecule has 0 aliphatic carbocycles. The summed E-state index contributed by atoms with van der Waals surface area (Å²) in [6, 6.07) is 0. The van der Waals surface area contributed by atoms with Crippen molar-refractivity contribution in [1.29, 1.82) is 0 Å². The molecule has 0 atom stereocenters. The lowest BCUT2D eigenvalue weighted by atomic mass is 10.2. The molecule has 6 nitrogen and oxygen atoms in total. The fourth-order valence-electron chi connectivity index (χ4n) is 2.25. The molecule has 2 rings (SSSR count). The van der Waals surface area contributed by atoms with Crippen LogP contribution in [0.4, 0.5) is 5.82 Å². The molecule has 0 fully saturated rings. The van der Waals surface area contributed by atoms with Crippen LogP contribution in [-0.4, -0.2) is 35.2 Å². The Kier molecular flexibility index (Phi) is 4.60. The number of sulfonamides is 1. The van der Waals surface area contributed by atoms with Gasteiger partial charge in [-0.25, -0.2) is 13.4 Å². The van der Waals surface area contributed by atoms with E-state index in [9.17, 15) is 8.42 Å². The number of rotatable bonds is 6. The zero-order valence-corrected chi connectivity index (χ0v) is 14.4. The van der Waals surface area contributed by atoms with Crippen LogP contribution in [0.25, 0.3) is 4.96 Å². The summed E-state index contributed by atoms with van der Waals surface area (Å²) < 4.78 is 29.0. The number of aromatic nitrogens is 2. The summed E-state index contributed by atoms with van der Waals surface area (Å²) in [7, 11) is -3.66. The van der Waals surface area contributed by atoms with E-state index in [1.807, 2.05) is 27.7 Å². The topological polar surface area (TPSA) is 80.7 Å². The number of nitrogen functional groups attached to an aromatic ring is 1. The summed E-state index contributed by atoms with van der Waals surface area (Å²) in [6.45, 7) is 8.95. The predicted octanol–water partition coefficient (Wildman–Crippen LogP) is 2.28. The molecule has 0 saturated carbocycles. The van der Waals surface area contributed by atoms with E-state index in [0.717, 1.165) is 0 Å². The Labute approximate surface area is 129 Å². The number of fused-ring (bicyclic) bond motifs is 1. The van der Waals surface area contributed by atoms with Gasteiger partial charge in [0, 0.05) is 24.7 Å². The maximum atomic E-state index is 13.0. The Morgan fingerprint density at radius 2 is 1.86 bits per heavy atom. The molecule has 2 N–H and O–H groups in total. The summed E-state index contributed by atoms with van der Waals surface area (Å²) in [4.78, 5) is 4.73. The van der Waals surface area contributed by atoms with E-state index < -0.39 is 10.0 Å². The molecule has 0 spiro atoms. The van der Waals surface area contributed by atoms with E-state index in [-0.39, 0.29) is 22.7 Å². The number of hydrogen-bond donors (Lipinski definition) is 1. The molecular weight excluding hydrogens is 308 g/mol.